The average Bonchev–Trinajstić information content (AvgIpc) is 3.40. The number of nitrogens with zero attached hydrogens (tertiary/aromatic N) is 4. The van der Waals surface area contributed by atoms with E-state index in [1.807, 2.05) is 41.1 Å². The van der Waals surface area contributed by atoms with Gasteiger partial charge in [-0.1, -0.05) is 70.4 Å². The summed E-state index contributed by atoms with van der Waals surface area (Å²) in [6, 6.07) is 13.1. The van der Waals surface area contributed by atoms with E-state index in [1.165, 1.54) is 0 Å². The minimum atomic E-state index is 0.426. The molecule has 0 radical (unpaired) electrons. The number of benzene rings is 2. The van der Waals surface area contributed by atoms with Crippen LogP contribution in [0.5, 0.6) is 0 Å². The van der Waals surface area contributed by atoms with Crippen molar-refractivity contribution in [3.8, 4) is 27.6 Å². The van der Waals surface area contributed by atoms with Crippen LogP contribution in [0.4, 0.5) is 0 Å². The highest BCUT2D eigenvalue weighted by Crippen LogP contribution is 2.39. The van der Waals surface area contributed by atoms with Crippen molar-refractivity contribution >= 4 is 46.1 Å². The van der Waals surface area contributed by atoms with Crippen molar-refractivity contribution in [3.05, 3.63) is 80.3 Å². The van der Waals surface area contributed by atoms with Gasteiger partial charge in [0.1, 0.15) is 10.7 Å². The molecule has 1 unspecified atom stereocenters. The van der Waals surface area contributed by atoms with E-state index in [9.17, 15) is 0 Å². The molecule has 0 fully saturated rings. The van der Waals surface area contributed by atoms with Crippen molar-refractivity contribution < 1.29 is 0 Å². The van der Waals surface area contributed by atoms with E-state index in [4.69, 9.17) is 39.9 Å². The lowest BCUT2D eigenvalue weighted by molar-refractivity contribution is 0.607. The molecule has 4 nitrogen and oxygen atoms in total. The summed E-state index contributed by atoms with van der Waals surface area (Å²) in [4.78, 5) is 0. The van der Waals surface area contributed by atoms with Crippen LogP contribution in [0, 0.1) is 6.92 Å². The lowest BCUT2D eigenvalue weighted by Gasteiger charge is -2.13. The summed E-state index contributed by atoms with van der Waals surface area (Å²) in [5.74, 6) is 0.426. The molecule has 32 heavy (non-hydrogen) atoms. The van der Waals surface area contributed by atoms with Gasteiger partial charge in [0.25, 0.3) is 0 Å². The average molecular weight is 502 g/mol. The third kappa shape index (κ3) is 4.11. The molecule has 2 aromatic carbocycles. The predicted molar refractivity (Wildman–Crippen MR) is 133 cm³/mol. The topological polar surface area (TPSA) is 43.6 Å². The van der Waals surface area contributed by atoms with E-state index in [2.05, 4.69) is 29.3 Å². The van der Waals surface area contributed by atoms with Crippen LogP contribution in [0.25, 0.3) is 27.6 Å². The Morgan fingerprint density at radius 3 is 2.47 bits per heavy atom. The Hall–Kier alpha value is -2.18. The highest BCUT2D eigenvalue weighted by molar-refractivity contribution is 7.14. The predicted octanol–water partition coefficient (Wildman–Crippen LogP) is 8.15. The highest BCUT2D eigenvalue weighted by atomic mass is 35.5. The lowest BCUT2D eigenvalue weighted by atomic mass is 9.95. The number of hydrogen-bond donors (Lipinski definition) is 0. The summed E-state index contributed by atoms with van der Waals surface area (Å²) in [6.07, 6.45) is 7.67. The molecule has 0 bridgehead atoms. The molecule has 1 atom stereocenters. The number of halogens is 3. The van der Waals surface area contributed by atoms with Crippen LogP contribution in [0.15, 0.2) is 54.6 Å². The summed E-state index contributed by atoms with van der Waals surface area (Å²) in [5, 5.41) is 17.6. The number of rotatable bonds is 4. The second-order valence-electron chi connectivity index (χ2n) is 7.76. The maximum atomic E-state index is 6.56. The Morgan fingerprint density at radius 2 is 1.75 bits per heavy atom. The van der Waals surface area contributed by atoms with Gasteiger partial charge < -0.3 is 0 Å². The molecule has 0 saturated carbocycles. The van der Waals surface area contributed by atoms with E-state index in [-0.39, 0.29) is 0 Å². The van der Waals surface area contributed by atoms with Crippen molar-refractivity contribution in [1.29, 1.82) is 0 Å². The second kappa shape index (κ2) is 8.99. The summed E-state index contributed by atoms with van der Waals surface area (Å²) in [6.45, 7) is 2.05. The Kier molecular flexibility index (Phi) is 6.08. The molecular formula is C24H19Cl3N4S. The standard InChI is InChI=1S/C24H19Cl3N4S/c1-14-21(24-29-28-23(32-24)16-5-3-2-4-6-16)30-31(20-12-11-18(26)13-19(20)27)22(14)15-7-9-17(25)10-8-15/h2-3,7-13,16H,4-6H2,1H3. The number of hydrogen-bond acceptors (Lipinski definition) is 4. The van der Waals surface area contributed by atoms with E-state index in [1.54, 1.807) is 17.4 Å². The van der Waals surface area contributed by atoms with Crippen LogP contribution in [0.3, 0.4) is 0 Å². The normalized spacial score (nSPS) is 15.9. The molecule has 1 aliphatic rings. The molecule has 0 aliphatic heterocycles. The largest absolute Gasteiger partial charge is 0.231 e. The molecule has 0 saturated heterocycles. The summed E-state index contributed by atoms with van der Waals surface area (Å²) in [7, 11) is 0. The van der Waals surface area contributed by atoms with Gasteiger partial charge in [-0.15, -0.1) is 10.2 Å². The van der Waals surface area contributed by atoms with Gasteiger partial charge in [-0.05, 0) is 56.5 Å². The zero-order valence-corrected chi connectivity index (χ0v) is 20.3. The Bertz CT molecular complexity index is 1310. The van der Waals surface area contributed by atoms with Gasteiger partial charge in [-0.3, -0.25) is 0 Å². The van der Waals surface area contributed by atoms with Crippen molar-refractivity contribution in [3.63, 3.8) is 0 Å². The van der Waals surface area contributed by atoms with Crippen LogP contribution < -0.4 is 0 Å². The summed E-state index contributed by atoms with van der Waals surface area (Å²) < 4.78 is 1.86. The van der Waals surface area contributed by atoms with E-state index in [0.29, 0.717) is 21.0 Å². The third-order valence-corrected chi connectivity index (χ3v) is 7.52. The third-order valence-electron chi connectivity index (χ3n) is 5.64. The lowest BCUT2D eigenvalue weighted by Crippen LogP contribution is -2.00. The van der Waals surface area contributed by atoms with Crippen molar-refractivity contribution in [2.75, 3.05) is 0 Å². The minimum Gasteiger partial charge on any atom is -0.231 e. The fraction of sp³-hybridized carbons (Fsp3) is 0.208. The smallest absolute Gasteiger partial charge is 0.168 e. The fourth-order valence-electron chi connectivity index (χ4n) is 3.99. The zero-order chi connectivity index (χ0) is 22.2. The van der Waals surface area contributed by atoms with E-state index < -0.39 is 0 Å². The summed E-state index contributed by atoms with van der Waals surface area (Å²) in [5.41, 5.74) is 4.47. The molecule has 2 heterocycles. The molecule has 0 spiro atoms. The molecule has 5 rings (SSSR count). The van der Waals surface area contributed by atoms with E-state index >= 15 is 0 Å². The molecule has 2 aromatic heterocycles. The first-order chi connectivity index (χ1) is 15.5. The van der Waals surface area contributed by atoms with Crippen LogP contribution in [0.1, 0.15) is 35.8 Å². The van der Waals surface area contributed by atoms with Crippen molar-refractivity contribution in [1.82, 2.24) is 20.0 Å². The maximum Gasteiger partial charge on any atom is 0.168 e. The molecule has 8 heteroatoms. The Labute approximate surface area is 205 Å². The zero-order valence-electron chi connectivity index (χ0n) is 17.2. The van der Waals surface area contributed by atoms with E-state index in [0.717, 1.165) is 57.5 Å². The van der Waals surface area contributed by atoms with Crippen LogP contribution in [0.2, 0.25) is 15.1 Å². The van der Waals surface area contributed by atoms with Crippen molar-refractivity contribution in [2.24, 2.45) is 0 Å². The van der Waals surface area contributed by atoms with Crippen LogP contribution in [-0.2, 0) is 0 Å². The fourth-order valence-corrected chi connectivity index (χ4v) is 5.63. The first kappa shape index (κ1) is 21.7. The maximum absolute atomic E-state index is 6.56. The Morgan fingerprint density at radius 1 is 0.969 bits per heavy atom. The molecule has 4 aromatic rings. The quantitative estimate of drug-likeness (QED) is 0.265. The molecule has 162 valence electrons. The molecular weight excluding hydrogens is 483 g/mol. The van der Waals surface area contributed by atoms with Gasteiger partial charge in [-0.2, -0.15) is 5.10 Å². The van der Waals surface area contributed by atoms with Gasteiger partial charge in [0, 0.05) is 27.1 Å². The van der Waals surface area contributed by atoms with Gasteiger partial charge in [-0.25, -0.2) is 4.68 Å². The highest BCUT2D eigenvalue weighted by Gasteiger charge is 2.24. The Balaban J connectivity index is 1.65. The van der Waals surface area contributed by atoms with Gasteiger partial charge in [0.15, 0.2) is 5.01 Å². The number of allylic oxidation sites excluding steroid dienone is 2. The molecule has 0 N–H and O–H groups in total. The first-order valence-corrected chi connectivity index (χ1v) is 12.3. The summed E-state index contributed by atoms with van der Waals surface area (Å²) >= 11 is 20.5. The molecule has 0 amide bonds. The van der Waals surface area contributed by atoms with Crippen LogP contribution >= 0.6 is 46.1 Å². The number of aromatic nitrogens is 4. The van der Waals surface area contributed by atoms with Gasteiger partial charge >= 0.3 is 0 Å². The van der Waals surface area contributed by atoms with Crippen LogP contribution in [-0.4, -0.2) is 20.0 Å². The SMILES string of the molecule is Cc1c(-c2nnc(C3CC=CCC3)s2)nn(-c2ccc(Cl)cc2Cl)c1-c1ccc(Cl)cc1. The second-order valence-corrected chi connectivity index (χ2v) is 10.1. The first-order valence-electron chi connectivity index (χ1n) is 10.3. The minimum absolute atomic E-state index is 0.426. The van der Waals surface area contributed by atoms with Crippen molar-refractivity contribution in [2.45, 2.75) is 32.1 Å². The monoisotopic (exact) mass is 500 g/mol. The van der Waals surface area contributed by atoms with Gasteiger partial charge in [0.2, 0.25) is 0 Å². The molecule has 1 aliphatic carbocycles. The van der Waals surface area contributed by atoms with Gasteiger partial charge in [0.05, 0.1) is 16.4 Å².